The van der Waals surface area contributed by atoms with Crippen LogP contribution in [0.3, 0.4) is 0 Å². The van der Waals surface area contributed by atoms with E-state index in [0.717, 1.165) is 82.4 Å². The molecule has 0 saturated carbocycles. The van der Waals surface area contributed by atoms with E-state index in [-0.39, 0.29) is 49.7 Å². The first-order valence-corrected chi connectivity index (χ1v) is 33.3. The zero-order chi connectivity index (χ0) is 58.9. The molecule has 79 heavy (non-hydrogen) atoms. The second kappa shape index (κ2) is 58.3. The average Bonchev–Trinajstić information content (AvgIpc) is 3.42. The number of carboxylic acid groups (broad SMARTS) is 2. The van der Waals surface area contributed by atoms with E-state index in [1.165, 1.54) is 193 Å². The summed E-state index contributed by atoms with van der Waals surface area (Å²) < 4.78 is 16.3. The highest BCUT2D eigenvalue weighted by Gasteiger charge is 2.34. The number of carboxylic acids is 2. The first-order valence-electron chi connectivity index (χ1n) is 32.3. The Bertz CT molecular complexity index is 1460. The Balaban J connectivity index is 0. The molecule has 0 radical (unpaired) electrons. The van der Waals surface area contributed by atoms with Crippen LogP contribution in [-0.2, 0) is 43.0 Å². The van der Waals surface area contributed by atoms with E-state index in [2.05, 4.69) is 30.8 Å². The topological polar surface area (TPSA) is 261 Å². The predicted molar refractivity (Wildman–Crippen MR) is 326 cm³/mol. The Hall–Kier alpha value is -2.95. The second-order valence-corrected chi connectivity index (χ2v) is 24.0. The van der Waals surface area contributed by atoms with E-state index >= 15 is 0 Å². The minimum atomic E-state index is -1.27. The Morgan fingerprint density at radius 2 is 0.810 bits per heavy atom. The molecule has 0 aliphatic heterocycles. The third kappa shape index (κ3) is 55.4. The lowest BCUT2D eigenvalue weighted by molar-refractivity contribution is -0.161. The number of hydrogen-bond acceptors (Lipinski definition) is 13. The number of amides is 1. The molecule has 16 heteroatoms. The van der Waals surface area contributed by atoms with Crippen molar-refractivity contribution < 1.29 is 53.2 Å². The smallest absolute Gasteiger partial charge is 0.327 e. The van der Waals surface area contributed by atoms with Gasteiger partial charge in [-0.1, -0.05) is 258 Å². The van der Waals surface area contributed by atoms with Gasteiger partial charge >= 0.3 is 29.8 Å². The molecule has 0 aromatic rings. The molecule has 0 spiro atoms. The zero-order valence-corrected chi connectivity index (χ0v) is 51.9. The monoisotopic (exact) mass is 1140 g/mol. The summed E-state index contributed by atoms with van der Waals surface area (Å²) in [5, 5.41) is 21.2. The standard InChI is InChI=1S/C54H103NO7S.C9H19N3O4/c1-5-8-11-14-17-20-23-26-29-32-35-38-41-44-50(56)55-49(53(59)60)47-63-54(4,62-52(58)46-43-40-37-34-31-28-25-22-19-16-13-10-7-3)48-61-51(57)45-42-39-36-33-30-27-24-21-18-15-12-9-6-2;10-4-2-1-3-6(11)9(15)16-5-7(12)8(13)14/h49H,5-48H2,1-4H3,(H,55,56)(H,59,60);6-7H,1-5,10-12H2,(H,13,14)/t49-,54-;6?,7-/m10/s1. The molecular formula is C63H122N4O11S. The molecule has 0 aliphatic rings. The van der Waals surface area contributed by atoms with E-state index in [1.54, 1.807) is 6.92 Å². The predicted octanol–water partition coefficient (Wildman–Crippen LogP) is 14.9. The van der Waals surface area contributed by atoms with Gasteiger partial charge in [-0.05, 0) is 45.6 Å². The summed E-state index contributed by atoms with van der Waals surface area (Å²) in [6, 6.07) is -3.10. The van der Waals surface area contributed by atoms with Crippen LogP contribution in [0.2, 0.25) is 0 Å². The first-order chi connectivity index (χ1) is 38.2. The molecule has 466 valence electrons. The van der Waals surface area contributed by atoms with E-state index in [1.807, 2.05) is 0 Å². The largest absolute Gasteiger partial charge is 0.480 e. The Morgan fingerprint density at radius 3 is 1.16 bits per heavy atom. The van der Waals surface area contributed by atoms with Crippen molar-refractivity contribution in [1.29, 1.82) is 0 Å². The van der Waals surface area contributed by atoms with Gasteiger partial charge in [-0.2, -0.15) is 0 Å². The number of thioether (sulfide) groups is 1. The zero-order valence-electron chi connectivity index (χ0n) is 51.1. The summed E-state index contributed by atoms with van der Waals surface area (Å²) in [6.07, 6.45) is 50.4. The van der Waals surface area contributed by atoms with Gasteiger partial charge in [0.1, 0.15) is 31.3 Å². The molecule has 1 unspecified atom stereocenters. The average molecular weight is 1140 g/mol. The highest BCUT2D eigenvalue weighted by molar-refractivity contribution is 8.00. The molecule has 0 bridgehead atoms. The van der Waals surface area contributed by atoms with Gasteiger partial charge in [0.05, 0.1) is 0 Å². The summed E-state index contributed by atoms with van der Waals surface area (Å²) in [7, 11) is 0. The van der Waals surface area contributed by atoms with Crippen molar-refractivity contribution >= 4 is 47.5 Å². The van der Waals surface area contributed by atoms with Crippen LogP contribution < -0.4 is 22.5 Å². The maximum Gasteiger partial charge on any atom is 0.327 e. The lowest BCUT2D eigenvalue weighted by Gasteiger charge is -2.29. The quantitative estimate of drug-likeness (QED) is 0.0143. The van der Waals surface area contributed by atoms with Crippen LogP contribution in [-0.4, -0.2) is 94.5 Å². The Morgan fingerprint density at radius 1 is 0.456 bits per heavy atom. The number of carbonyl (C=O) groups excluding carboxylic acids is 4. The summed E-state index contributed by atoms with van der Waals surface area (Å²) in [5.74, 6) is -3.99. The first kappa shape index (κ1) is 78.1. The van der Waals surface area contributed by atoms with Crippen molar-refractivity contribution in [2.45, 2.75) is 340 Å². The van der Waals surface area contributed by atoms with Gasteiger partial charge in [-0.25, -0.2) is 4.79 Å². The molecular weight excluding hydrogens is 1020 g/mol. The molecule has 1 amide bonds. The number of esters is 3. The molecule has 0 aromatic heterocycles. The molecule has 9 N–H and O–H groups in total. The fourth-order valence-electron chi connectivity index (χ4n) is 9.23. The number of ether oxygens (including phenoxy) is 3. The van der Waals surface area contributed by atoms with Crippen molar-refractivity contribution in [3.05, 3.63) is 0 Å². The summed E-state index contributed by atoms with van der Waals surface area (Å²) in [4.78, 5) is 71.3. The molecule has 0 fully saturated rings. The van der Waals surface area contributed by atoms with E-state index in [0.29, 0.717) is 19.4 Å². The summed E-state index contributed by atoms with van der Waals surface area (Å²) in [5.41, 5.74) is 16.0. The summed E-state index contributed by atoms with van der Waals surface area (Å²) in [6.45, 7) is 8.46. The van der Waals surface area contributed by atoms with Crippen molar-refractivity contribution in [2.75, 3.05) is 25.5 Å². The van der Waals surface area contributed by atoms with Crippen LogP contribution in [0.1, 0.15) is 317 Å². The fourth-order valence-corrected chi connectivity index (χ4v) is 10.3. The molecule has 0 heterocycles. The number of nitrogens with two attached hydrogens (primary N) is 3. The van der Waals surface area contributed by atoms with Crippen molar-refractivity contribution in [1.82, 2.24) is 5.32 Å². The number of aliphatic carboxylic acids is 2. The number of nitrogens with one attached hydrogen (secondary N) is 1. The highest BCUT2D eigenvalue weighted by Crippen LogP contribution is 2.30. The highest BCUT2D eigenvalue weighted by atomic mass is 32.2. The Labute approximate surface area is 486 Å². The Kier molecular flexibility index (Phi) is 57.6. The van der Waals surface area contributed by atoms with Crippen LogP contribution in [0.4, 0.5) is 0 Å². The van der Waals surface area contributed by atoms with Gasteiger partial charge in [-0.15, -0.1) is 11.8 Å². The minimum Gasteiger partial charge on any atom is -0.480 e. The van der Waals surface area contributed by atoms with Crippen LogP contribution in [0, 0.1) is 0 Å². The van der Waals surface area contributed by atoms with Gasteiger partial charge in [-0.3, -0.25) is 24.0 Å². The normalized spacial score (nSPS) is 13.1. The van der Waals surface area contributed by atoms with Gasteiger partial charge in [0.25, 0.3) is 0 Å². The molecule has 4 atom stereocenters. The van der Waals surface area contributed by atoms with Gasteiger partial charge in [0.2, 0.25) is 5.91 Å². The van der Waals surface area contributed by atoms with Crippen molar-refractivity contribution in [3.63, 3.8) is 0 Å². The molecule has 0 aromatic carbocycles. The molecule has 0 saturated heterocycles. The van der Waals surface area contributed by atoms with E-state index in [4.69, 9.17) is 31.8 Å². The van der Waals surface area contributed by atoms with Crippen LogP contribution in [0.25, 0.3) is 0 Å². The number of unbranched alkanes of at least 4 members (excludes halogenated alkanes) is 37. The van der Waals surface area contributed by atoms with Crippen molar-refractivity contribution in [2.24, 2.45) is 17.2 Å². The fraction of sp³-hybridized carbons (Fsp3) is 0.905. The number of rotatable bonds is 58. The van der Waals surface area contributed by atoms with Gasteiger partial charge in [0, 0.05) is 25.0 Å². The molecule has 15 nitrogen and oxygen atoms in total. The number of carbonyl (C=O) groups is 6. The van der Waals surface area contributed by atoms with Crippen LogP contribution in [0.5, 0.6) is 0 Å². The van der Waals surface area contributed by atoms with E-state index < -0.39 is 41.0 Å². The molecule has 0 aliphatic carbocycles. The van der Waals surface area contributed by atoms with Gasteiger partial charge in [0.15, 0.2) is 4.93 Å². The third-order valence-electron chi connectivity index (χ3n) is 14.5. The maximum atomic E-state index is 13.1. The summed E-state index contributed by atoms with van der Waals surface area (Å²) >= 11 is 1.11. The molecule has 0 rings (SSSR count). The lowest BCUT2D eigenvalue weighted by Crippen LogP contribution is -2.44. The third-order valence-corrected chi connectivity index (χ3v) is 15.8. The SMILES string of the molecule is CCCCCCCCCCCCCCCC(=O)N[C@H](CS[C@](C)(COC(=O)CCCCCCCCCCCCCCC)OC(=O)CCCCCCCCCCCCCCC)C(=O)O.NCCCCC(N)C(=O)OC[C@H](N)C(=O)O. The van der Waals surface area contributed by atoms with Crippen LogP contribution in [0.15, 0.2) is 0 Å². The van der Waals surface area contributed by atoms with Crippen LogP contribution >= 0.6 is 11.8 Å². The van der Waals surface area contributed by atoms with E-state index in [9.17, 15) is 33.9 Å². The van der Waals surface area contributed by atoms with Gasteiger partial charge < -0.3 is 46.9 Å². The second-order valence-electron chi connectivity index (χ2n) is 22.5. The van der Waals surface area contributed by atoms with Crippen molar-refractivity contribution in [3.8, 4) is 0 Å². The minimum absolute atomic E-state index is 0.0153. The lowest BCUT2D eigenvalue weighted by atomic mass is 10.0. The maximum absolute atomic E-state index is 13.1. The number of hydrogen-bond donors (Lipinski definition) is 6.